The Morgan fingerprint density at radius 3 is 2.64 bits per heavy atom. The van der Waals surface area contributed by atoms with Crippen LogP contribution in [0.1, 0.15) is 10.4 Å². The maximum Gasteiger partial charge on any atom is 0.287 e. The molecule has 0 aliphatic heterocycles. The second-order valence-corrected chi connectivity index (χ2v) is 5.80. The fourth-order valence-electron chi connectivity index (χ4n) is 2.35. The van der Waals surface area contributed by atoms with E-state index in [0.29, 0.717) is 10.6 Å². The maximum atomic E-state index is 12.3. The number of halogens is 1. The lowest BCUT2D eigenvalue weighted by Gasteiger charge is -2.01. The van der Waals surface area contributed by atoms with Gasteiger partial charge in [-0.1, -0.05) is 35.9 Å². The van der Waals surface area contributed by atoms with Crippen molar-refractivity contribution < 1.29 is 14.3 Å². The summed E-state index contributed by atoms with van der Waals surface area (Å²) in [6.45, 7) is 0.0456. The number of benzene rings is 2. The predicted octanol–water partition coefficient (Wildman–Crippen LogP) is 3.48. The SMILES string of the molecule is O=C(C[n+]1ccc(-c2cccc(Cl)c2)nc1)c1cccc([N+](=O)[O-])c1. The molecular weight excluding hydrogens is 342 g/mol. The van der Waals surface area contributed by atoms with Crippen molar-refractivity contribution in [1.29, 1.82) is 0 Å². The Kier molecular flexibility index (Phi) is 4.81. The molecule has 25 heavy (non-hydrogen) atoms. The molecule has 6 nitrogen and oxygen atoms in total. The Morgan fingerprint density at radius 1 is 1.16 bits per heavy atom. The molecule has 3 aromatic rings. The molecule has 0 radical (unpaired) electrons. The van der Waals surface area contributed by atoms with E-state index in [1.165, 1.54) is 18.2 Å². The average Bonchev–Trinajstić information content (AvgIpc) is 2.62. The van der Waals surface area contributed by atoms with E-state index in [0.717, 1.165) is 11.3 Å². The van der Waals surface area contributed by atoms with Crippen LogP contribution in [0.4, 0.5) is 5.69 Å². The highest BCUT2D eigenvalue weighted by Crippen LogP contribution is 2.19. The molecule has 0 aliphatic rings. The van der Waals surface area contributed by atoms with Crippen LogP contribution in [-0.4, -0.2) is 15.7 Å². The first-order valence-electron chi connectivity index (χ1n) is 7.41. The number of carbonyl (C=O) groups is 1. The van der Waals surface area contributed by atoms with Crippen LogP contribution in [-0.2, 0) is 6.54 Å². The summed E-state index contributed by atoms with van der Waals surface area (Å²) in [5, 5.41) is 11.4. The number of aromatic nitrogens is 2. The predicted molar refractivity (Wildman–Crippen MR) is 92.3 cm³/mol. The molecule has 0 saturated carbocycles. The van der Waals surface area contributed by atoms with Gasteiger partial charge in [0, 0.05) is 34.3 Å². The molecule has 3 rings (SSSR count). The van der Waals surface area contributed by atoms with Gasteiger partial charge in [0.1, 0.15) is 0 Å². The number of non-ortho nitro benzene ring substituents is 1. The van der Waals surface area contributed by atoms with Gasteiger partial charge in [-0.25, -0.2) is 4.57 Å². The summed E-state index contributed by atoms with van der Waals surface area (Å²) >= 11 is 5.97. The van der Waals surface area contributed by atoms with Gasteiger partial charge in [0.25, 0.3) is 12.0 Å². The zero-order valence-electron chi connectivity index (χ0n) is 13.0. The molecule has 2 aromatic carbocycles. The van der Waals surface area contributed by atoms with Gasteiger partial charge in [0.2, 0.25) is 5.78 Å². The molecule has 0 bridgehead atoms. The summed E-state index contributed by atoms with van der Waals surface area (Å²) in [7, 11) is 0. The third-order valence-electron chi connectivity index (χ3n) is 3.59. The lowest BCUT2D eigenvalue weighted by Crippen LogP contribution is -2.37. The maximum absolute atomic E-state index is 12.3. The zero-order chi connectivity index (χ0) is 17.8. The molecule has 0 fully saturated rings. The number of nitro benzene ring substituents is 1. The van der Waals surface area contributed by atoms with Crippen LogP contribution in [0.5, 0.6) is 0 Å². The minimum Gasteiger partial charge on any atom is -0.290 e. The molecule has 1 aromatic heterocycles. The van der Waals surface area contributed by atoms with Crippen molar-refractivity contribution in [3.05, 3.63) is 87.8 Å². The van der Waals surface area contributed by atoms with E-state index in [9.17, 15) is 14.9 Å². The highest BCUT2D eigenvalue weighted by molar-refractivity contribution is 6.30. The van der Waals surface area contributed by atoms with Crippen LogP contribution in [0, 0.1) is 10.1 Å². The normalized spacial score (nSPS) is 10.4. The van der Waals surface area contributed by atoms with E-state index in [4.69, 9.17) is 11.6 Å². The summed E-state index contributed by atoms with van der Waals surface area (Å²) in [4.78, 5) is 26.9. The standard InChI is InChI=1S/C18H13ClN3O3/c19-15-5-1-3-13(9-15)17-7-8-21(12-20-17)11-18(23)14-4-2-6-16(10-14)22(24)25/h1-10,12H,11H2/q+1. The van der Waals surface area contributed by atoms with E-state index in [1.807, 2.05) is 18.2 Å². The number of hydrogen-bond acceptors (Lipinski definition) is 4. The number of nitro groups is 1. The van der Waals surface area contributed by atoms with Gasteiger partial charge in [-0.3, -0.25) is 14.9 Å². The molecule has 0 unspecified atom stereocenters. The summed E-state index contributed by atoms with van der Waals surface area (Å²) < 4.78 is 1.62. The molecule has 124 valence electrons. The minimum atomic E-state index is -0.523. The highest BCUT2D eigenvalue weighted by Gasteiger charge is 2.15. The van der Waals surface area contributed by atoms with Crippen molar-refractivity contribution in [3.8, 4) is 11.3 Å². The molecule has 0 aliphatic carbocycles. The van der Waals surface area contributed by atoms with Crippen molar-refractivity contribution in [2.24, 2.45) is 0 Å². The van der Waals surface area contributed by atoms with Crippen LogP contribution in [0.25, 0.3) is 11.3 Å². The molecule has 0 N–H and O–H groups in total. The van der Waals surface area contributed by atoms with E-state index in [2.05, 4.69) is 4.98 Å². The van der Waals surface area contributed by atoms with Gasteiger partial charge in [0.05, 0.1) is 11.1 Å². The van der Waals surface area contributed by atoms with Crippen molar-refractivity contribution in [2.45, 2.75) is 6.54 Å². The first kappa shape index (κ1) is 16.7. The van der Waals surface area contributed by atoms with E-state index in [-0.39, 0.29) is 18.0 Å². The summed E-state index contributed by atoms with van der Waals surface area (Å²) in [6, 6.07) is 14.8. The second kappa shape index (κ2) is 7.19. The van der Waals surface area contributed by atoms with Gasteiger partial charge in [-0.05, 0) is 17.1 Å². The third-order valence-corrected chi connectivity index (χ3v) is 3.83. The topological polar surface area (TPSA) is 77.0 Å². The van der Waals surface area contributed by atoms with E-state index < -0.39 is 4.92 Å². The third kappa shape index (κ3) is 4.05. The number of hydrogen-bond donors (Lipinski definition) is 0. The first-order valence-corrected chi connectivity index (χ1v) is 7.79. The fraction of sp³-hybridized carbons (Fsp3) is 0.0556. The molecule has 0 spiro atoms. The van der Waals surface area contributed by atoms with Gasteiger partial charge < -0.3 is 0 Å². The lowest BCUT2D eigenvalue weighted by molar-refractivity contribution is -0.686. The van der Waals surface area contributed by atoms with Gasteiger partial charge in [-0.15, -0.1) is 0 Å². The summed E-state index contributed by atoms with van der Waals surface area (Å²) in [5.41, 5.74) is 1.80. The monoisotopic (exact) mass is 354 g/mol. The molecule has 1 heterocycles. The summed E-state index contributed by atoms with van der Waals surface area (Å²) in [5.74, 6) is -0.231. The Hall–Kier alpha value is -3.12. The smallest absolute Gasteiger partial charge is 0.287 e. The van der Waals surface area contributed by atoms with Crippen molar-refractivity contribution in [2.75, 3.05) is 0 Å². The number of Topliss-reactive ketones (excluding diaryl/α,β-unsaturated/α-hetero) is 1. The van der Waals surface area contributed by atoms with E-state index in [1.54, 1.807) is 35.3 Å². The van der Waals surface area contributed by atoms with Gasteiger partial charge >= 0.3 is 0 Å². The summed E-state index contributed by atoms with van der Waals surface area (Å²) in [6.07, 6.45) is 3.28. The molecule has 0 atom stereocenters. The Labute approximate surface area is 148 Å². The van der Waals surface area contributed by atoms with Crippen LogP contribution in [0.15, 0.2) is 67.1 Å². The molecule has 0 saturated heterocycles. The van der Waals surface area contributed by atoms with Crippen molar-refractivity contribution >= 4 is 23.1 Å². The Morgan fingerprint density at radius 2 is 1.96 bits per heavy atom. The van der Waals surface area contributed by atoms with Crippen LogP contribution in [0.3, 0.4) is 0 Å². The van der Waals surface area contributed by atoms with Crippen molar-refractivity contribution in [3.63, 3.8) is 0 Å². The van der Waals surface area contributed by atoms with Gasteiger partial charge in [-0.2, -0.15) is 0 Å². The number of rotatable bonds is 5. The molecular formula is C18H13ClN3O3+. The molecule has 7 heteroatoms. The quantitative estimate of drug-likeness (QED) is 0.304. The second-order valence-electron chi connectivity index (χ2n) is 5.36. The highest BCUT2D eigenvalue weighted by atomic mass is 35.5. The number of nitrogens with zero attached hydrogens (tertiary/aromatic N) is 3. The van der Waals surface area contributed by atoms with E-state index >= 15 is 0 Å². The number of ketones is 1. The van der Waals surface area contributed by atoms with Crippen LogP contribution < -0.4 is 4.57 Å². The lowest BCUT2D eigenvalue weighted by atomic mass is 10.1. The zero-order valence-corrected chi connectivity index (χ0v) is 13.8. The van der Waals surface area contributed by atoms with Crippen LogP contribution in [0.2, 0.25) is 5.02 Å². The Balaban J connectivity index is 1.76. The number of carbonyl (C=O) groups excluding carboxylic acids is 1. The first-order chi connectivity index (χ1) is 12.0. The van der Waals surface area contributed by atoms with Crippen LogP contribution >= 0.6 is 11.6 Å². The fourth-order valence-corrected chi connectivity index (χ4v) is 2.54. The molecule has 0 amide bonds. The van der Waals surface area contributed by atoms with Gasteiger partial charge in [0.15, 0.2) is 12.2 Å². The Bertz CT molecular complexity index is 942. The average molecular weight is 355 g/mol. The largest absolute Gasteiger partial charge is 0.290 e. The minimum absolute atomic E-state index is 0.0456. The van der Waals surface area contributed by atoms with Crippen molar-refractivity contribution in [1.82, 2.24) is 4.98 Å².